The van der Waals surface area contributed by atoms with Crippen molar-refractivity contribution in [2.45, 2.75) is 27.2 Å². The van der Waals surface area contributed by atoms with Gasteiger partial charge in [0.1, 0.15) is 0 Å². The van der Waals surface area contributed by atoms with Crippen LogP contribution in [0, 0.1) is 0 Å². The summed E-state index contributed by atoms with van der Waals surface area (Å²) in [5.41, 5.74) is 0. The van der Waals surface area contributed by atoms with E-state index in [1.165, 1.54) is 0 Å². The second-order valence-electron chi connectivity index (χ2n) is 2.23. The summed E-state index contributed by atoms with van der Waals surface area (Å²) in [6.07, 6.45) is 0.792. The third-order valence-electron chi connectivity index (χ3n) is 1.14. The van der Waals surface area contributed by atoms with Gasteiger partial charge >= 0.3 is 6.01 Å². The first-order valence-electron chi connectivity index (χ1n) is 4.23. The Labute approximate surface area is 73.6 Å². The fourth-order valence-electron chi connectivity index (χ4n) is 0.568. The van der Waals surface area contributed by atoms with E-state index in [9.17, 15) is 0 Å². The van der Waals surface area contributed by atoms with Crippen LogP contribution in [0.25, 0.3) is 0 Å². The number of hydrogen-bond acceptors (Lipinski definition) is 4. The van der Waals surface area contributed by atoms with Crippen molar-refractivity contribution in [2.24, 2.45) is 0 Å². The van der Waals surface area contributed by atoms with Gasteiger partial charge in [-0.05, 0) is 0 Å². The molecule has 4 heteroatoms. The Morgan fingerprint density at radius 2 is 1.83 bits per heavy atom. The van der Waals surface area contributed by atoms with E-state index in [-0.39, 0.29) is 0 Å². The van der Waals surface area contributed by atoms with Crippen LogP contribution < -0.4 is 4.90 Å². The Kier molecular flexibility index (Phi) is 5.08. The van der Waals surface area contributed by atoms with Gasteiger partial charge in [-0.15, -0.1) is 5.10 Å². The molecule has 1 aromatic heterocycles. The normalized spacial score (nSPS) is 8.75. The van der Waals surface area contributed by atoms with Gasteiger partial charge in [0, 0.05) is 20.5 Å². The maximum absolute atomic E-state index is 5.20. The average Bonchev–Trinajstić information content (AvgIpc) is 2.55. The van der Waals surface area contributed by atoms with E-state index in [1.54, 1.807) is 4.90 Å². The highest BCUT2D eigenvalue weighted by molar-refractivity contribution is 5.19. The zero-order valence-corrected chi connectivity index (χ0v) is 8.46. The molecule has 0 atom stereocenters. The Morgan fingerprint density at radius 3 is 2.08 bits per heavy atom. The second kappa shape index (κ2) is 5.57. The van der Waals surface area contributed by atoms with Crippen molar-refractivity contribution in [1.82, 2.24) is 10.2 Å². The van der Waals surface area contributed by atoms with Gasteiger partial charge in [-0.2, -0.15) is 0 Å². The predicted molar refractivity (Wildman–Crippen MR) is 49.4 cm³/mol. The van der Waals surface area contributed by atoms with E-state index in [1.807, 2.05) is 34.9 Å². The maximum atomic E-state index is 5.20. The summed E-state index contributed by atoms with van der Waals surface area (Å²) >= 11 is 0. The number of rotatable bonds is 2. The molecule has 1 heterocycles. The molecule has 0 fully saturated rings. The summed E-state index contributed by atoms with van der Waals surface area (Å²) in [6, 6.07) is 0.567. The molecule has 1 rings (SSSR count). The first-order valence-corrected chi connectivity index (χ1v) is 4.23. The van der Waals surface area contributed by atoms with Gasteiger partial charge in [-0.25, -0.2) is 0 Å². The van der Waals surface area contributed by atoms with E-state index < -0.39 is 0 Å². The Hall–Kier alpha value is -1.06. The largest absolute Gasteiger partial charge is 0.408 e. The average molecular weight is 171 g/mol. The maximum Gasteiger partial charge on any atom is 0.317 e. The Morgan fingerprint density at radius 1 is 1.25 bits per heavy atom. The van der Waals surface area contributed by atoms with Crippen LogP contribution in [0.3, 0.4) is 0 Å². The smallest absolute Gasteiger partial charge is 0.317 e. The third-order valence-corrected chi connectivity index (χ3v) is 1.14. The lowest BCUT2D eigenvalue weighted by Gasteiger charge is -2.02. The molecular formula is C8H17N3O. The number of aryl methyl sites for hydroxylation is 1. The summed E-state index contributed by atoms with van der Waals surface area (Å²) < 4.78 is 5.20. The van der Waals surface area contributed by atoms with Crippen molar-refractivity contribution < 1.29 is 4.42 Å². The molecule has 1 aromatic rings. The highest BCUT2D eigenvalue weighted by Crippen LogP contribution is 2.07. The SMILES string of the molecule is CC.CCc1nnc(N(C)C)o1. The lowest BCUT2D eigenvalue weighted by molar-refractivity contribution is 0.501. The molecule has 70 valence electrons. The van der Waals surface area contributed by atoms with Gasteiger partial charge in [0.05, 0.1) is 0 Å². The quantitative estimate of drug-likeness (QED) is 0.679. The lowest BCUT2D eigenvalue weighted by Crippen LogP contribution is -2.08. The molecule has 0 aliphatic heterocycles. The van der Waals surface area contributed by atoms with Crippen LogP contribution in [0.5, 0.6) is 0 Å². The van der Waals surface area contributed by atoms with Crippen molar-refractivity contribution in [3.63, 3.8) is 0 Å². The number of aromatic nitrogens is 2. The van der Waals surface area contributed by atoms with Crippen LogP contribution in [-0.4, -0.2) is 24.3 Å². The molecule has 12 heavy (non-hydrogen) atoms. The molecule has 0 bridgehead atoms. The highest BCUT2D eigenvalue weighted by Gasteiger charge is 2.03. The summed E-state index contributed by atoms with van der Waals surface area (Å²) in [4.78, 5) is 1.78. The molecule has 0 unspecified atom stereocenters. The fourth-order valence-corrected chi connectivity index (χ4v) is 0.568. The van der Waals surface area contributed by atoms with Crippen molar-refractivity contribution in [2.75, 3.05) is 19.0 Å². The standard InChI is InChI=1S/C6H11N3O.C2H6/c1-4-5-7-8-6(10-5)9(2)3;1-2/h4H2,1-3H3;1-2H3. The fraction of sp³-hybridized carbons (Fsp3) is 0.750. The molecule has 0 amide bonds. The summed E-state index contributed by atoms with van der Waals surface area (Å²) in [7, 11) is 3.74. The van der Waals surface area contributed by atoms with Crippen LogP contribution in [0.15, 0.2) is 4.42 Å². The number of anilines is 1. The Balaban J connectivity index is 0.000000561. The van der Waals surface area contributed by atoms with Crippen molar-refractivity contribution in [3.05, 3.63) is 5.89 Å². The lowest BCUT2D eigenvalue weighted by atomic mass is 10.5. The van der Waals surface area contributed by atoms with E-state index in [0.717, 1.165) is 6.42 Å². The number of hydrogen-bond donors (Lipinski definition) is 0. The number of nitrogens with zero attached hydrogens (tertiary/aromatic N) is 3. The van der Waals surface area contributed by atoms with E-state index in [4.69, 9.17) is 4.42 Å². The minimum atomic E-state index is 0.567. The first-order chi connectivity index (χ1) is 5.74. The summed E-state index contributed by atoms with van der Waals surface area (Å²) in [5, 5.41) is 7.59. The van der Waals surface area contributed by atoms with Crippen LogP contribution in [0.4, 0.5) is 6.01 Å². The van der Waals surface area contributed by atoms with Crippen molar-refractivity contribution in [1.29, 1.82) is 0 Å². The molecule has 0 spiro atoms. The van der Waals surface area contributed by atoms with Gasteiger partial charge in [0.25, 0.3) is 0 Å². The minimum Gasteiger partial charge on any atom is -0.408 e. The van der Waals surface area contributed by atoms with E-state index in [2.05, 4.69) is 10.2 Å². The van der Waals surface area contributed by atoms with Crippen LogP contribution in [0.1, 0.15) is 26.7 Å². The minimum absolute atomic E-state index is 0.567. The predicted octanol–water partition coefficient (Wildman–Crippen LogP) is 1.72. The molecule has 0 aliphatic carbocycles. The molecule has 0 saturated carbocycles. The van der Waals surface area contributed by atoms with Gasteiger partial charge in [-0.1, -0.05) is 25.9 Å². The van der Waals surface area contributed by atoms with Crippen LogP contribution in [0.2, 0.25) is 0 Å². The summed E-state index contributed by atoms with van der Waals surface area (Å²) in [6.45, 7) is 5.98. The zero-order chi connectivity index (χ0) is 9.56. The Bertz CT molecular complexity index is 208. The monoisotopic (exact) mass is 171 g/mol. The molecule has 4 nitrogen and oxygen atoms in total. The molecular weight excluding hydrogens is 154 g/mol. The third kappa shape index (κ3) is 2.90. The topological polar surface area (TPSA) is 42.2 Å². The summed E-state index contributed by atoms with van der Waals surface area (Å²) in [5.74, 6) is 0.684. The van der Waals surface area contributed by atoms with Crippen LogP contribution >= 0.6 is 0 Å². The van der Waals surface area contributed by atoms with Crippen LogP contribution in [-0.2, 0) is 6.42 Å². The molecule has 0 radical (unpaired) electrons. The molecule has 0 aliphatic rings. The first kappa shape index (κ1) is 10.9. The van der Waals surface area contributed by atoms with E-state index in [0.29, 0.717) is 11.9 Å². The van der Waals surface area contributed by atoms with Crippen molar-refractivity contribution >= 4 is 6.01 Å². The van der Waals surface area contributed by atoms with Gasteiger partial charge < -0.3 is 9.32 Å². The highest BCUT2D eigenvalue weighted by atomic mass is 16.4. The van der Waals surface area contributed by atoms with E-state index >= 15 is 0 Å². The molecule has 0 aromatic carbocycles. The van der Waals surface area contributed by atoms with Gasteiger partial charge in [-0.3, -0.25) is 0 Å². The molecule has 0 N–H and O–H groups in total. The van der Waals surface area contributed by atoms with Gasteiger partial charge in [0.15, 0.2) is 0 Å². The van der Waals surface area contributed by atoms with Gasteiger partial charge in [0.2, 0.25) is 5.89 Å². The second-order valence-corrected chi connectivity index (χ2v) is 2.23. The molecule has 0 saturated heterocycles. The zero-order valence-electron chi connectivity index (χ0n) is 8.46. The van der Waals surface area contributed by atoms with Crippen molar-refractivity contribution in [3.8, 4) is 0 Å².